The fraction of sp³-hybridized carbons (Fsp3) is 0.500. The summed E-state index contributed by atoms with van der Waals surface area (Å²) in [5.41, 5.74) is 0.720. The number of carbonyl (C=O) groups excluding carboxylic acids is 3. The number of ether oxygens (including phenoxy) is 1. The molecule has 1 aliphatic heterocycles. The summed E-state index contributed by atoms with van der Waals surface area (Å²) >= 11 is 6.11. The Kier molecular flexibility index (Phi) is 5.27. The molecule has 1 aromatic carbocycles. The molecule has 1 saturated carbocycles. The normalized spacial score (nSPS) is 17.9. The lowest BCUT2D eigenvalue weighted by Crippen LogP contribution is -2.42. The van der Waals surface area contributed by atoms with Crippen molar-refractivity contribution in [1.29, 1.82) is 0 Å². The van der Waals surface area contributed by atoms with E-state index in [9.17, 15) is 14.4 Å². The number of anilines is 1. The van der Waals surface area contributed by atoms with Crippen LogP contribution in [0.3, 0.4) is 0 Å². The molecule has 6 nitrogen and oxygen atoms in total. The Morgan fingerprint density at radius 2 is 1.80 bits per heavy atom. The number of nitrogens with one attached hydrogen (secondary N) is 1. The lowest BCUT2D eigenvalue weighted by Gasteiger charge is -2.31. The molecule has 1 heterocycles. The number of carbonyl (C=O) groups is 3. The largest absolute Gasteiger partial charge is 0.465 e. The Morgan fingerprint density at radius 1 is 1.12 bits per heavy atom. The molecule has 1 N–H and O–H groups in total. The SMILES string of the molecule is COC(=O)c1ccc(Cl)c(NC(=O)C2CCN(C(=O)C3CC3)CC2)c1. The molecule has 1 aromatic rings. The van der Waals surface area contributed by atoms with Gasteiger partial charge in [-0.1, -0.05) is 11.6 Å². The molecule has 0 spiro atoms. The Bertz CT molecular complexity index is 694. The van der Waals surface area contributed by atoms with Crippen LogP contribution in [0.15, 0.2) is 18.2 Å². The van der Waals surface area contributed by atoms with Crippen LogP contribution in [-0.2, 0) is 14.3 Å². The first-order chi connectivity index (χ1) is 12.0. The second-order valence-corrected chi connectivity index (χ2v) is 6.96. The van der Waals surface area contributed by atoms with Crippen LogP contribution < -0.4 is 5.32 Å². The molecule has 3 rings (SSSR count). The smallest absolute Gasteiger partial charge is 0.337 e. The minimum absolute atomic E-state index is 0.137. The van der Waals surface area contributed by atoms with Crippen LogP contribution in [0.2, 0.25) is 5.02 Å². The highest BCUT2D eigenvalue weighted by molar-refractivity contribution is 6.33. The van der Waals surface area contributed by atoms with Gasteiger partial charge in [0.2, 0.25) is 11.8 Å². The number of piperidine rings is 1. The standard InChI is InChI=1S/C18H21ClN2O4/c1-25-18(24)13-4-5-14(19)15(10-13)20-16(22)11-6-8-21(9-7-11)17(23)12-2-3-12/h4-5,10-12H,2-3,6-9H2,1H3,(H,20,22). The van der Waals surface area contributed by atoms with Gasteiger partial charge in [-0.15, -0.1) is 0 Å². The van der Waals surface area contributed by atoms with Gasteiger partial charge >= 0.3 is 5.97 Å². The summed E-state index contributed by atoms with van der Waals surface area (Å²) in [6.07, 6.45) is 3.26. The third-order valence-corrected chi connectivity index (χ3v) is 5.08. The third kappa shape index (κ3) is 4.12. The summed E-state index contributed by atoms with van der Waals surface area (Å²) in [7, 11) is 1.30. The first-order valence-electron chi connectivity index (χ1n) is 8.47. The van der Waals surface area contributed by atoms with Crippen LogP contribution >= 0.6 is 11.6 Å². The average Bonchev–Trinajstić information content (AvgIpc) is 3.47. The number of methoxy groups -OCH3 is 1. The summed E-state index contributed by atoms with van der Waals surface area (Å²) in [5.74, 6) is -0.347. The van der Waals surface area contributed by atoms with Gasteiger partial charge < -0.3 is 15.0 Å². The van der Waals surface area contributed by atoms with Gasteiger partial charge in [-0.3, -0.25) is 9.59 Å². The number of halogens is 1. The molecular weight excluding hydrogens is 344 g/mol. The Labute approximate surface area is 151 Å². The van der Waals surface area contributed by atoms with Crippen molar-refractivity contribution in [3.63, 3.8) is 0 Å². The van der Waals surface area contributed by atoms with E-state index in [1.165, 1.54) is 13.2 Å². The van der Waals surface area contributed by atoms with Crippen molar-refractivity contribution < 1.29 is 19.1 Å². The molecule has 2 fully saturated rings. The molecule has 25 heavy (non-hydrogen) atoms. The molecular formula is C18H21ClN2O4. The van der Waals surface area contributed by atoms with Crippen molar-refractivity contribution >= 4 is 35.1 Å². The number of hydrogen-bond donors (Lipinski definition) is 1. The maximum Gasteiger partial charge on any atom is 0.337 e. The fourth-order valence-corrected chi connectivity index (χ4v) is 3.22. The van der Waals surface area contributed by atoms with Gasteiger partial charge in [0.1, 0.15) is 0 Å². The molecule has 0 atom stereocenters. The predicted octanol–water partition coefficient (Wildman–Crippen LogP) is 2.71. The van der Waals surface area contributed by atoms with Gasteiger partial charge in [0, 0.05) is 24.9 Å². The summed E-state index contributed by atoms with van der Waals surface area (Å²) in [6.45, 7) is 1.23. The van der Waals surface area contributed by atoms with Gasteiger partial charge in [0.05, 0.1) is 23.4 Å². The quantitative estimate of drug-likeness (QED) is 0.833. The number of amides is 2. The van der Waals surface area contributed by atoms with Gasteiger partial charge in [-0.25, -0.2) is 4.79 Å². The van der Waals surface area contributed by atoms with Gasteiger partial charge in [-0.2, -0.15) is 0 Å². The fourth-order valence-electron chi connectivity index (χ4n) is 3.05. The van der Waals surface area contributed by atoms with E-state index >= 15 is 0 Å². The van der Waals surface area contributed by atoms with E-state index in [4.69, 9.17) is 11.6 Å². The van der Waals surface area contributed by atoms with Gasteiger partial charge in [-0.05, 0) is 43.9 Å². The highest BCUT2D eigenvalue weighted by Crippen LogP contribution is 2.33. The monoisotopic (exact) mass is 364 g/mol. The molecule has 1 saturated heterocycles. The molecule has 0 unspecified atom stereocenters. The third-order valence-electron chi connectivity index (χ3n) is 4.75. The molecule has 2 aliphatic rings. The highest BCUT2D eigenvalue weighted by atomic mass is 35.5. The zero-order valence-electron chi connectivity index (χ0n) is 14.1. The van der Waals surface area contributed by atoms with Crippen LogP contribution in [-0.4, -0.2) is 42.9 Å². The second-order valence-electron chi connectivity index (χ2n) is 6.55. The Balaban J connectivity index is 1.59. The van der Waals surface area contributed by atoms with Gasteiger partial charge in [0.15, 0.2) is 0 Å². The molecule has 0 bridgehead atoms. The first kappa shape index (κ1) is 17.7. The summed E-state index contributed by atoms with van der Waals surface area (Å²) in [5, 5.41) is 3.16. The number of likely N-dealkylation sites (tertiary alicyclic amines) is 1. The van der Waals surface area contributed by atoms with Crippen LogP contribution in [0.1, 0.15) is 36.0 Å². The average molecular weight is 365 g/mol. The van der Waals surface area contributed by atoms with Crippen LogP contribution in [0.4, 0.5) is 5.69 Å². The molecule has 1 aliphatic carbocycles. The summed E-state index contributed by atoms with van der Waals surface area (Å²) in [4.78, 5) is 38.0. The van der Waals surface area contributed by atoms with E-state index in [0.29, 0.717) is 42.2 Å². The van der Waals surface area contributed by atoms with E-state index in [1.807, 2.05) is 4.90 Å². The first-order valence-corrected chi connectivity index (χ1v) is 8.85. The topological polar surface area (TPSA) is 75.7 Å². The number of nitrogens with zero attached hydrogens (tertiary/aromatic N) is 1. The van der Waals surface area contributed by atoms with E-state index in [1.54, 1.807) is 12.1 Å². The molecule has 134 valence electrons. The minimum atomic E-state index is -0.487. The van der Waals surface area contributed by atoms with E-state index in [0.717, 1.165) is 12.8 Å². The van der Waals surface area contributed by atoms with Crippen LogP contribution in [0, 0.1) is 11.8 Å². The van der Waals surface area contributed by atoms with E-state index in [-0.39, 0.29) is 23.7 Å². The number of hydrogen-bond acceptors (Lipinski definition) is 4. The minimum Gasteiger partial charge on any atom is -0.465 e. The maximum absolute atomic E-state index is 12.5. The van der Waals surface area contributed by atoms with Crippen LogP contribution in [0.5, 0.6) is 0 Å². The predicted molar refractivity (Wildman–Crippen MR) is 93.4 cm³/mol. The molecule has 0 radical (unpaired) electrons. The highest BCUT2D eigenvalue weighted by Gasteiger charge is 2.36. The molecule has 7 heteroatoms. The zero-order valence-corrected chi connectivity index (χ0v) is 14.8. The van der Waals surface area contributed by atoms with Crippen LogP contribution in [0.25, 0.3) is 0 Å². The molecule has 2 amide bonds. The zero-order chi connectivity index (χ0) is 18.0. The maximum atomic E-state index is 12.5. The van der Waals surface area contributed by atoms with E-state index in [2.05, 4.69) is 10.1 Å². The lowest BCUT2D eigenvalue weighted by molar-refractivity contribution is -0.135. The summed E-state index contributed by atoms with van der Waals surface area (Å²) < 4.78 is 4.68. The van der Waals surface area contributed by atoms with Crippen molar-refractivity contribution in [3.05, 3.63) is 28.8 Å². The van der Waals surface area contributed by atoms with Crippen molar-refractivity contribution in [1.82, 2.24) is 4.90 Å². The van der Waals surface area contributed by atoms with E-state index < -0.39 is 5.97 Å². The molecule has 0 aromatic heterocycles. The van der Waals surface area contributed by atoms with Crippen molar-refractivity contribution in [2.75, 3.05) is 25.5 Å². The summed E-state index contributed by atoms with van der Waals surface area (Å²) in [6, 6.07) is 4.62. The second kappa shape index (κ2) is 7.44. The number of esters is 1. The van der Waals surface area contributed by atoms with Crippen molar-refractivity contribution in [2.24, 2.45) is 11.8 Å². The Morgan fingerprint density at radius 3 is 2.40 bits per heavy atom. The lowest BCUT2D eigenvalue weighted by atomic mass is 9.95. The number of rotatable bonds is 4. The van der Waals surface area contributed by atoms with Crippen molar-refractivity contribution in [2.45, 2.75) is 25.7 Å². The van der Waals surface area contributed by atoms with Gasteiger partial charge in [0.25, 0.3) is 0 Å². The Hall–Kier alpha value is -2.08. The number of benzene rings is 1. The van der Waals surface area contributed by atoms with Crippen molar-refractivity contribution in [3.8, 4) is 0 Å².